The zero-order chi connectivity index (χ0) is 24.5. The van der Waals surface area contributed by atoms with Crippen molar-refractivity contribution in [1.29, 1.82) is 0 Å². The maximum absolute atomic E-state index is 12.7. The number of hydrogen-bond donors (Lipinski definition) is 4. The number of carbonyl (C=O) groups excluding carboxylic acids is 1. The van der Waals surface area contributed by atoms with Gasteiger partial charge in [-0.25, -0.2) is 9.78 Å². The van der Waals surface area contributed by atoms with Gasteiger partial charge in [0.15, 0.2) is 0 Å². The molecule has 4 N–H and O–H groups in total. The number of hydroxylamine groups is 2. The van der Waals surface area contributed by atoms with Crippen LogP contribution in [0.25, 0.3) is 11.3 Å². The summed E-state index contributed by atoms with van der Waals surface area (Å²) >= 11 is 4.22. The number of nitrogens with two attached hydrogens (primary N) is 1. The second kappa shape index (κ2) is 12.1. The van der Waals surface area contributed by atoms with Crippen LogP contribution in [0.1, 0.15) is 29.3 Å². The minimum Gasteiger partial charge on any atom is -0.478 e. The van der Waals surface area contributed by atoms with Crippen molar-refractivity contribution in [3.8, 4) is 17.1 Å². The van der Waals surface area contributed by atoms with Gasteiger partial charge in [0.25, 0.3) is 11.8 Å². The normalized spacial score (nSPS) is 11.5. The Hall–Kier alpha value is -3.56. The Bertz CT molecular complexity index is 1130. The molecule has 1 amide bonds. The van der Waals surface area contributed by atoms with E-state index in [0.717, 1.165) is 5.56 Å². The number of nitrogens with one attached hydrogen (secondary N) is 1. The van der Waals surface area contributed by atoms with E-state index in [-0.39, 0.29) is 36.4 Å². The van der Waals surface area contributed by atoms with Gasteiger partial charge in [-0.05, 0) is 29.8 Å². The number of carboxylic acid groups (broad SMARTS) is 1. The third-order valence-electron chi connectivity index (χ3n) is 5.00. The van der Waals surface area contributed by atoms with Crippen molar-refractivity contribution < 1.29 is 19.5 Å². The topological polar surface area (TPSA) is 118 Å². The fourth-order valence-corrected chi connectivity index (χ4v) is 3.27. The number of carboxylic acids is 1. The minimum atomic E-state index is -1.04. The summed E-state index contributed by atoms with van der Waals surface area (Å²) in [6.45, 7) is 2.22. The number of anilines is 1. The summed E-state index contributed by atoms with van der Waals surface area (Å²) in [6.07, 6.45) is 0.199. The molecule has 1 aromatic heterocycles. The molecule has 1 unspecified atom stereocenters. The van der Waals surface area contributed by atoms with Crippen LogP contribution in [-0.4, -0.2) is 45.4 Å². The van der Waals surface area contributed by atoms with Crippen LogP contribution in [0, 0.1) is 0 Å². The number of pyridine rings is 1. The minimum absolute atomic E-state index is 0.0562. The standard InChI is InChI=1S/C25H28N4O4S/c1-2-23(30)29(15-17-7-6-10-19(13-17)25(31)32)33-24-22(27-14-20(26)16-34)12-11-21(28-24)18-8-4-3-5-9-18/h3-13,20,27,34H,2,14-16,26H2,1H3,(H,31,32). The van der Waals surface area contributed by atoms with E-state index in [9.17, 15) is 14.7 Å². The van der Waals surface area contributed by atoms with Gasteiger partial charge in [-0.3, -0.25) is 4.79 Å². The molecule has 0 saturated carbocycles. The molecule has 1 atom stereocenters. The van der Waals surface area contributed by atoms with Crippen molar-refractivity contribution in [2.24, 2.45) is 5.73 Å². The van der Waals surface area contributed by atoms with Crippen molar-refractivity contribution in [2.45, 2.75) is 25.9 Å². The van der Waals surface area contributed by atoms with E-state index < -0.39 is 5.97 Å². The van der Waals surface area contributed by atoms with E-state index in [1.807, 2.05) is 42.5 Å². The number of aromatic nitrogens is 1. The number of carbonyl (C=O) groups is 2. The van der Waals surface area contributed by atoms with Gasteiger partial charge in [-0.15, -0.1) is 0 Å². The van der Waals surface area contributed by atoms with Crippen LogP contribution >= 0.6 is 12.6 Å². The predicted octanol–water partition coefficient (Wildman–Crippen LogP) is 3.85. The Labute approximate surface area is 204 Å². The van der Waals surface area contributed by atoms with Crippen molar-refractivity contribution in [2.75, 3.05) is 17.6 Å². The second-order valence-electron chi connectivity index (χ2n) is 7.62. The Kier molecular flexibility index (Phi) is 8.89. The first-order chi connectivity index (χ1) is 16.4. The van der Waals surface area contributed by atoms with Crippen LogP contribution in [0.3, 0.4) is 0 Å². The summed E-state index contributed by atoms with van der Waals surface area (Å²) in [7, 11) is 0. The first-order valence-corrected chi connectivity index (χ1v) is 11.5. The van der Waals surface area contributed by atoms with E-state index in [4.69, 9.17) is 10.6 Å². The molecule has 0 saturated heterocycles. The zero-order valence-electron chi connectivity index (χ0n) is 18.8. The van der Waals surface area contributed by atoms with E-state index in [1.165, 1.54) is 17.2 Å². The number of aromatic carboxylic acids is 1. The second-order valence-corrected chi connectivity index (χ2v) is 7.98. The molecule has 0 radical (unpaired) electrons. The van der Waals surface area contributed by atoms with Gasteiger partial charge < -0.3 is 21.0 Å². The molecule has 178 valence electrons. The highest BCUT2D eigenvalue weighted by Crippen LogP contribution is 2.28. The molecule has 2 aromatic carbocycles. The van der Waals surface area contributed by atoms with Gasteiger partial charge in [0.1, 0.15) is 5.69 Å². The molecule has 0 fully saturated rings. The fraction of sp³-hybridized carbons (Fsp3) is 0.240. The van der Waals surface area contributed by atoms with Gasteiger partial charge in [0, 0.05) is 30.3 Å². The monoisotopic (exact) mass is 480 g/mol. The molecule has 3 rings (SSSR count). The van der Waals surface area contributed by atoms with Crippen molar-refractivity contribution in [1.82, 2.24) is 10.0 Å². The molecule has 34 heavy (non-hydrogen) atoms. The number of nitrogens with zero attached hydrogens (tertiary/aromatic N) is 2. The molecule has 0 spiro atoms. The molecule has 0 aliphatic heterocycles. The first-order valence-electron chi connectivity index (χ1n) is 10.9. The summed E-state index contributed by atoms with van der Waals surface area (Å²) in [5, 5.41) is 13.7. The fourth-order valence-electron chi connectivity index (χ4n) is 3.14. The lowest BCUT2D eigenvalue weighted by Crippen LogP contribution is -2.34. The smallest absolute Gasteiger partial charge is 0.335 e. The molecule has 0 bridgehead atoms. The molecule has 0 aliphatic rings. The van der Waals surface area contributed by atoms with Crippen LogP contribution in [0.2, 0.25) is 0 Å². The van der Waals surface area contributed by atoms with Gasteiger partial charge >= 0.3 is 5.97 Å². The van der Waals surface area contributed by atoms with Crippen molar-refractivity contribution in [3.05, 3.63) is 77.9 Å². The third-order valence-corrected chi connectivity index (χ3v) is 5.47. The van der Waals surface area contributed by atoms with Crippen molar-refractivity contribution in [3.63, 3.8) is 0 Å². The van der Waals surface area contributed by atoms with Crippen LogP contribution in [0.15, 0.2) is 66.7 Å². The lowest BCUT2D eigenvalue weighted by molar-refractivity contribution is -0.159. The highest BCUT2D eigenvalue weighted by Gasteiger charge is 2.19. The van der Waals surface area contributed by atoms with Gasteiger partial charge in [0.05, 0.1) is 17.8 Å². The Morgan fingerprint density at radius 2 is 1.91 bits per heavy atom. The lowest BCUT2D eigenvalue weighted by atomic mass is 10.1. The summed E-state index contributed by atoms with van der Waals surface area (Å²) in [5.41, 5.74) is 8.89. The van der Waals surface area contributed by atoms with E-state index in [2.05, 4.69) is 22.9 Å². The maximum atomic E-state index is 12.7. The number of rotatable bonds is 11. The van der Waals surface area contributed by atoms with Crippen LogP contribution in [0.5, 0.6) is 5.88 Å². The highest BCUT2D eigenvalue weighted by atomic mass is 32.1. The van der Waals surface area contributed by atoms with Gasteiger partial charge in [-0.2, -0.15) is 17.7 Å². The summed E-state index contributed by atoms with van der Waals surface area (Å²) in [5.74, 6) is -0.603. The van der Waals surface area contributed by atoms with Crippen LogP contribution < -0.4 is 15.9 Å². The predicted molar refractivity (Wildman–Crippen MR) is 135 cm³/mol. The van der Waals surface area contributed by atoms with Gasteiger partial charge in [-0.1, -0.05) is 49.4 Å². The largest absolute Gasteiger partial charge is 0.478 e. The molecule has 9 heteroatoms. The number of amides is 1. The number of thiol groups is 1. The Balaban J connectivity index is 1.94. The Morgan fingerprint density at radius 3 is 2.59 bits per heavy atom. The SMILES string of the molecule is CCC(=O)N(Cc1cccc(C(=O)O)c1)Oc1nc(-c2ccccc2)ccc1NCC(N)CS. The average molecular weight is 481 g/mol. The van der Waals surface area contributed by atoms with E-state index in [1.54, 1.807) is 19.1 Å². The summed E-state index contributed by atoms with van der Waals surface area (Å²) < 4.78 is 0. The van der Waals surface area contributed by atoms with E-state index >= 15 is 0 Å². The molecule has 3 aromatic rings. The lowest BCUT2D eigenvalue weighted by Gasteiger charge is -2.24. The molecular weight excluding hydrogens is 452 g/mol. The van der Waals surface area contributed by atoms with Gasteiger partial charge in [0.2, 0.25) is 0 Å². The first kappa shape index (κ1) is 25.1. The Morgan fingerprint density at radius 1 is 1.15 bits per heavy atom. The van der Waals surface area contributed by atoms with E-state index in [0.29, 0.717) is 29.2 Å². The maximum Gasteiger partial charge on any atom is 0.335 e. The van der Waals surface area contributed by atoms with Crippen molar-refractivity contribution >= 4 is 30.2 Å². The molecule has 0 aliphatic carbocycles. The summed E-state index contributed by atoms with van der Waals surface area (Å²) in [6, 6.07) is 19.5. The quantitative estimate of drug-likeness (QED) is 0.243. The number of hydrogen-bond acceptors (Lipinski definition) is 7. The zero-order valence-corrected chi connectivity index (χ0v) is 19.7. The third kappa shape index (κ3) is 6.72. The molecule has 1 heterocycles. The summed E-state index contributed by atoms with van der Waals surface area (Å²) in [4.78, 5) is 34.8. The molecule has 8 nitrogen and oxygen atoms in total. The highest BCUT2D eigenvalue weighted by molar-refractivity contribution is 7.80. The molecular formula is C25H28N4O4S. The van der Waals surface area contributed by atoms with Crippen LogP contribution in [0.4, 0.5) is 5.69 Å². The number of benzene rings is 2. The van der Waals surface area contributed by atoms with Crippen LogP contribution in [-0.2, 0) is 11.3 Å². The average Bonchev–Trinajstić information content (AvgIpc) is 2.87.